The molecule has 3 N–H and O–H groups in total. The number of rotatable bonds is 2. The molecule has 3 amide bonds. The molecule has 2 rings (SSSR count). The van der Waals surface area contributed by atoms with E-state index in [9.17, 15) is 19.1 Å². The van der Waals surface area contributed by atoms with Gasteiger partial charge in [0.15, 0.2) is 0 Å². The van der Waals surface area contributed by atoms with Gasteiger partial charge in [0.25, 0.3) is 5.91 Å². The second-order valence-corrected chi connectivity index (χ2v) is 4.45. The summed E-state index contributed by atoms with van der Waals surface area (Å²) in [4.78, 5) is 29.1. The SMILES string of the molecule is NC(=O)N1CCN(C(=O)C(O)(F)c2ccccn2)CC1. The molecule has 1 aromatic rings. The van der Waals surface area contributed by atoms with Gasteiger partial charge >= 0.3 is 11.9 Å². The average Bonchev–Trinajstić information content (AvgIpc) is 2.47. The third-order valence-corrected chi connectivity index (χ3v) is 3.17. The van der Waals surface area contributed by atoms with Gasteiger partial charge < -0.3 is 20.6 Å². The molecule has 0 bridgehead atoms. The van der Waals surface area contributed by atoms with Crippen LogP contribution in [0, 0.1) is 0 Å². The first kappa shape index (κ1) is 14.2. The number of hydrogen-bond donors (Lipinski definition) is 2. The van der Waals surface area contributed by atoms with Crippen molar-refractivity contribution in [3.8, 4) is 0 Å². The van der Waals surface area contributed by atoms with Gasteiger partial charge in [0.05, 0.1) is 0 Å². The summed E-state index contributed by atoms with van der Waals surface area (Å²) in [6.07, 6.45) is 1.29. The Balaban J connectivity index is 2.07. The molecule has 8 heteroatoms. The van der Waals surface area contributed by atoms with Crippen LogP contribution in [0.5, 0.6) is 0 Å². The second-order valence-electron chi connectivity index (χ2n) is 4.45. The Morgan fingerprint density at radius 1 is 1.25 bits per heavy atom. The molecule has 1 aromatic heterocycles. The quantitative estimate of drug-likeness (QED) is 0.758. The number of urea groups is 1. The first-order chi connectivity index (χ1) is 9.43. The highest BCUT2D eigenvalue weighted by molar-refractivity contribution is 5.84. The van der Waals surface area contributed by atoms with Crippen molar-refractivity contribution in [2.75, 3.05) is 26.2 Å². The molecule has 0 radical (unpaired) electrons. The number of alkyl halides is 1. The van der Waals surface area contributed by atoms with Crippen molar-refractivity contribution in [2.45, 2.75) is 5.85 Å². The molecule has 0 spiro atoms. The third-order valence-electron chi connectivity index (χ3n) is 3.17. The standard InChI is InChI=1S/C12H15FN4O3/c13-12(20,9-3-1-2-4-15-9)10(18)16-5-7-17(8-6-16)11(14)19/h1-4,20H,5-8H2,(H2,14,19). The van der Waals surface area contributed by atoms with Crippen LogP contribution in [0.3, 0.4) is 0 Å². The number of nitrogens with zero attached hydrogens (tertiary/aromatic N) is 3. The zero-order valence-corrected chi connectivity index (χ0v) is 10.7. The lowest BCUT2D eigenvalue weighted by atomic mass is 10.1. The normalized spacial score (nSPS) is 18.5. The van der Waals surface area contributed by atoms with Crippen LogP contribution in [-0.2, 0) is 10.6 Å². The Labute approximate surface area is 114 Å². The van der Waals surface area contributed by atoms with Gasteiger partial charge in [-0.3, -0.25) is 9.78 Å². The Morgan fingerprint density at radius 2 is 1.85 bits per heavy atom. The summed E-state index contributed by atoms with van der Waals surface area (Å²) in [5.74, 6) is -4.25. The largest absolute Gasteiger partial charge is 0.351 e. The number of amides is 3. The van der Waals surface area contributed by atoms with E-state index in [0.29, 0.717) is 0 Å². The molecule has 1 unspecified atom stereocenters. The van der Waals surface area contributed by atoms with E-state index in [4.69, 9.17) is 5.73 Å². The van der Waals surface area contributed by atoms with Gasteiger partial charge in [-0.2, -0.15) is 4.39 Å². The van der Waals surface area contributed by atoms with Crippen LogP contribution in [0.4, 0.5) is 9.18 Å². The number of aliphatic hydroxyl groups is 1. The molecular weight excluding hydrogens is 267 g/mol. The summed E-state index contributed by atoms with van der Waals surface area (Å²) in [7, 11) is 0. The Morgan fingerprint density at radius 3 is 2.35 bits per heavy atom. The highest BCUT2D eigenvalue weighted by Crippen LogP contribution is 2.24. The van der Waals surface area contributed by atoms with Crippen LogP contribution in [0.2, 0.25) is 0 Å². The smallest absolute Gasteiger partial charge is 0.329 e. The van der Waals surface area contributed by atoms with Crippen molar-refractivity contribution in [1.82, 2.24) is 14.8 Å². The summed E-state index contributed by atoms with van der Waals surface area (Å²) in [6.45, 7) is 0.639. The Hall–Kier alpha value is -2.22. The third kappa shape index (κ3) is 2.69. The molecule has 1 aliphatic heterocycles. The molecule has 7 nitrogen and oxygen atoms in total. The Kier molecular flexibility index (Phi) is 3.84. The molecule has 2 heterocycles. The van der Waals surface area contributed by atoms with E-state index < -0.39 is 17.8 Å². The number of primary amides is 1. The number of aromatic nitrogens is 1. The molecule has 0 aliphatic carbocycles. The van der Waals surface area contributed by atoms with Crippen molar-refractivity contribution in [3.05, 3.63) is 30.1 Å². The molecule has 1 atom stereocenters. The van der Waals surface area contributed by atoms with E-state index in [-0.39, 0.29) is 31.9 Å². The van der Waals surface area contributed by atoms with Gasteiger partial charge in [0.1, 0.15) is 5.69 Å². The molecule has 108 valence electrons. The monoisotopic (exact) mass is 282 g/mol. The zero-order valence-electron chi connectivity index (χ0n) is 10.7. The number of carbonyl (C=O) groups is 2. The topological polar surface area (TPSA) is 99.8 Å². The lowest BCUT2D eigenvalue weighted by molar-refractivity contribution is -0.177. The van der Waals surface area contributed by atoms with Crippen LogP contribution < -0.4 is 5.73 Å². The number of hydrogen-bond acceptors (Lipinski definition) is 4. The molecule has 1 aliphatic rings. The van der Waals surface area contributed by atoms with Gasteiger partial charge in [-0.25, -0.2) is 4.79 Å². The fourth-order valence-electron chi connectivity index (χ4n) is 2.01. The molecule has 0 saturated carbocycles. The van der Waals surface area contributed by atoms with E-state index in [1.54, 1.807) is 6.07 Å². The second kappa shape index (κ2) is 5.41. The summed E-state index contributed by atoms with van der Waals surface area (Å²) in [5.41, 5.74) is 4.76. The van der Waals surface area contributed by atoms with Crippen LogP contribution >= 0.6 is 0 Å². The van der Waals surface area contributed by atoms with Crippen molar-refractivity contribution in [3.63, 3.8) is 0 Å². The number of pyridine rings is 1. The first-order valence-electron chi connectivity index (χ1n) is 6.09. The highest BCUT2D eigenvalue weighted by Gasteiger charge is 2.43. The summed E-state index contributed by atoms with van der Waals surface area (Å²) in [5, 5.41) is 9.76. The summed E-state index contributed by atoms with van der Waals surface area (Å²) >= 11 is 0. The predicted molar refractivity (Wildman–Crippen MR) is 67.0 cm³/mol. The van der Waals surface area contributed by atoms with E-state index >= 15 is 0 Å². The molecule has 0 aromatic carbocycles. The minimum Gasteiger partial charge on any atom is -0.351 e. The maximum Gasteiger partial charge on any atom is 0.329 e. The van der Waals surface area contributed by atoms with Gasteiger partial charge in [-0.15, -0.1) is 0 Å². The van der Waals surface area contributed by atoms with E-state index in [1.165, 1.54) is 23.2 Å². The van der Waals surface area contributed by atoms with E-state index in [1.807, 2.05) is 0 Å². The highest BCUT2D eigenvalue weighted by atomic mass is 19.2. The fourth-order valence-corrected chi connectivity index (χ4v) is 2.01. The van der Waals surface area contributed by atoms with Crippen molar-refractivity contribution in [2.24, 2.45) is 5.73 Å². The van der Waals surface area contributed by atoms with Crippen LogP contribution in [0.1, 0.15) is 5.69 Å². The van der Waals surface area contributed by atoms with Crippen LogP contribution in [0.15, 0.2) is 24.4 Å². The number of carbonyl (C=O) groups excluding carboxylic acids is 2. The van der Waals surface area contributed by atoms with Gasteiger partial charge in [-0.1, -0.05) is 6.07 Å². The summed E-state index contributed by atoms with van der Waals surface area (Å²) in [6, 6.07) is 3.68. The zero-order chi connectivity index (χ0) is 14.8. The maximum absolute atomic E-state index is 14.3. The first-order valence-corrected chi connectivity index (χ1v) is 6.09. The number of halogens is 1. The van der Waals surface area contributed by atoms with Gasteiger partial charge in [0.2, 0.25) is 0 Å². The fraction of sp³-hybridized carbons (Fsp3) is 0.417. The predicted octanol–water partition coefficient (Wildman–Crippen LogP) is -0.581. The minimum atomic E-state index is -3.17. The minimum absolute atomic E-state index is 0.112. The average molecular weight is 282 g/mol. The summed E-state index contributed by atoms with van der Waals surface area (Å²) < 4.78 is 14.3. The van der Waals surface area contributed by atoms with E-state index in [0.717, 1.165) is 4.90 Å². The van der Waals surface area contributed by atoms with Gasteiger partial charge in [-0.05, 0) is 12.1 Å². The van der Waals surface area contributed by atoms with Crippen LogP contribution in [-0.4, -0.2) is 58.0 Å². The lowest BCUT2D eigenvalue weighted by Gasteiger charge is -2.35. The number of nitrogens with two attached hydrogens (primary N) is 1. The van der Waals surface area contributed by atoms with E-state index in [2.05, 4.69) is 4.98 Å². The number of piperazine rings is 1. The van der Waals surface area contributed by atoms with Crippen LogP contribution in [0.25, 0.3) is 0 Å². The van der Waals surface area contributed by atoms with Crippen molar-refractivity contribution >= 4 is 11.9 Å². The lowest BCUT2D eigenvalue weighted by Crippen LogP contribution is -2.55. The molecule has 1 fully saturated rings. The maximum atomic E-state index is 14.3. The van der Waals surface area contributed by atoms with Gasteiger partial charge in [0, 0.05) is 32.4 Å². The Bertz CT molecular complexity index is 501. The molecular formula is C12H15FN4O3. The molecule has 20 heavy (non-hydrogen) atoms. The van der Waals surface area contributed by atoms with Crippen molar-refractivity contribution in [1.29, 1.82) is 0 Å². The molecule has 1 saturated heterocycles. The van der Waals surface area contributed by atoms with Crippen molar-refractivity contribution < 1.29 is 19.1 Å².